The molecule has 0 bridgehead atoms. The Morgan fingerprint density at radius 1 is 0.720 bits per heavy atom. The fourth-order valence-corrected chi connectivity index (χ4v) is 2.86. The third kappa shape index (κ3) is 2.79. The number of rotatable bonds is 3. The van der Waals surface area contributed by atoms with Gasteiger partial charge in [-0.15, -0.1) is 0 Å². The van der Waals surface area contributed by atoms with Crippen molar-refractivity contribution in [2.24, 2.45) is 0 Å². The predicted octanol–water partition coefficient (Wildman–Crippen LogP) is 5.69. The lowest BCUT2D eigenvalue weighted by molar-refractivity contribution is 0.894. The highest BCUT2D eigenvalue weighted by atomic mass is 15.3. The van der Waals surface area contributed by atoms with Gasteiger partial charge in [-0.3, -0.25) is 0 Å². The molecule has 4 nitrogen and oxygen atoms in total. The molecule has 1 heterocycles. The van der Waals surface area contributed by atoms with Gasteiger partial charge in [-0.25, -0.2) is 4.68 Å². The van der Waals surface area contributed by atoms with E-state index >= 15 is 0 Å². The molecule has 0 aliphatic rings. The number of benzene rings is 3. The molecule has 0 fully saturated rings. The Bertz CT molecular complexity index is 1040. The topological polar surface area (TPSA) is 46.0 Å². The first kappa shape index (κ1) is 14.9. The summed E-state index contributed by atoms with van der Waals surface area (Å²) in [7, 11) is 0. The van der Waals surface area contributed by atoms with Gasteiger partial charge in [0.15, 0.2) is 10.7 Å². The highest BCUT2D eigenvalue weighted by Gasteiger charge is 2.20. The standard InChI is InChI=1S/C21H15N4/c22-23-18-13-7-8-14-20(18)25-21(17-11-5-2-6-12-17)15-19(24-25)16-9-3-1-4-10-16/h1-15H/q+1. The summed E-state index contributed by atoms with van der Waals surface area (Å²) < 4.78 is 1.83. The molecule has 3 aromatic carbocycles. The van der Waals surface area contributed by atoms with Crippen molar-refractivity contribution in [1.29, 1.82) is 5.39 Å². The average molecular weight is 323 g/mol. The summed E-state index contributed by atoms with van der Waals surface area (Å²) in [6.45, 7) is 0. The highest BCUT2D eigenvalue weighted by molar-refractivity contribution is 5.73. The fraction of sp³-hybridized carbons (Fsp3) is 0. The molecule has 1 aromatic heterocycles. The zero-order valence-electron chi connectivity index (χ0n) is 13.4. The molecule has 0 saturated carbocycles. The Kier molecular flexibility index (Phi) is 3.82. The summed E-state index contributed by atoms with van der Waals surface area (Å²) in [5, 5.41) is 14.1. The Morgan fingerprint density at radius 2 is 1.32 bits per heavy atom. The van der Waals surface area contributed by atoms with E-state index in [1.54, 1.807) is 6.07 Å². The second-order valence-electron chi connectivity index (χ2n) is 5.65. The first-order valence-corrected chi connectivity index (χ1v) is 8.02. The van der Waals surface area contributed by atoms with Gasteiger partial charge in [-0.05, 0) is 12.1 Å². The second-order valence-corrected chi connectivity index (χ2v) is 5.65. The molecule has 0 atom stereocenters. The largest absolute Gasteiger partial charge is 0.410 e. The van der Waals surface area contributed by atoms with Gasteiger partial charge in [0.25, 0.3) is 0 Å². The molecule has 118 valence electrons. The van der Waals surface area contributed by atoms with Crippen LogP contribution < -0.4 is 0 Å². The van der Waals surface area contributed by atoms with Crippen molar-refractivity contribution >= 4 is 5.69 Å². The average Bonchev–Trinajstić information content (AvgIpc) is 3.14. The maximum absolute atomic E-state index is 9.35. The van der Waals surface area contributed by atoms with Crippen molar-refractivity contribution in [2.75, 3.05) is 0 Å². The van der Waals surface area contributed by atoms with Gasteiger partial charge in [0.2, 0.25) is 5.39 Å². The van der Waals surface area contributed by atoms with Gasteiger partial charge in [-0.1, -0.05) is 72.8 Å². The Labute approximate surface area is 145 Å². The molecule has 0 amide bonds. The molecule has 25 heavy (non-hydrogen) atoms. The summed E-state index contributed by atoms with van der Waals surface area (Å²) in [6.07, 6.45) is 0. The molecular formula is C21H15N4+. The first-order chi connectivity index (χ1) is 12.4. The smallest absolute Gasteiger partial charge is 0.224 e. The highest BCUT2D eigenvalue weighted by Crippen LogP contribution is 2.32. The van der Waals surface area contributed by atoms with Crippen molar-refractivity contribution in [1.82, 2.24) is 9.78 Å². The minimum Gasteiger partial charge on any atom is -0.224 e. The minimum atomic E-state index is 0.474. The third-order valence-electron chi connectivity index (χ3n) is 4.07. The zero-order valence-corrected chi connectivity index (χ0v) is 13.4. The van der Waals surface area contributed by atoms with Crippen LogP contribution >= 0.6 is 0 Å². The molecule has 0 unspecified atom stereocenters. The van der Waals surface area contributed by atoms with E-state index in [9.17, 15) is 5.39 Å². The molecule has 0 spiro atoms. The van der Waals surface area contributed by atoms with Crippen molar-refractivity contribution in [3.8, 4) is 28.2 Å². The maximum atomic E-state index is 9.35. The lowest BCUT2D eigenvalue weighted by Gasteiger charge is -2.05. The van der Waals surface area contributed by atoms with Gasteiger partial charge in [0.05, 0.1) is 11.4 Å². The summed E-state index contributed by atoms with van der Waals surface area (Å²) in [4.78, 5) is 3.40. The van der Waals surface area contributed by atoms with Crippen molar-refractivity contribution < 1.29 is 0 Å². The van der Waals surface area contributed by atoms with E-state index in [0.29, 0.717) is 5.69 Å². The van der Waals surface area contributed by atoms with Gasteiger partial charge < -0.3 is 0 Å². The SMILES string of the molecule is N#[N+]c1ccccc1-n1nc(-c2ccccc2)cc1-c1ccccc1. The van der Waals surface area contributed by atoms with Crippen LogP contribution in [0, 0.1) is 5.39 Å². The third-order valence-corrected chi connectivity index (χ3v) is 4.07. The van der Waals surface area contributed by atoms with Crippen LogP contribution in [0.5, 0.6) is 0 Å². The molecule has 0 N–H and O–H groups in total. The van der Waals surface area contributed by atoms with E-state index in [1.807, 2.05) is 83.5 Å². The zero-order chi connectivity index (χ0) is 17.1. The number of nitrogens with zero attached hydrogens (tertiary/aromatic N) is 4. The number of aromatic nitrogens is 2. The lowest BCUT2D eigenvalue weighted by Crippen LogP contribution is -1.99. The Morgan fingerprint density at radius 3 is 2.00 bits per heavy atom. The van der Waals surface area contributed by atoms with E-state index < -0.39 is 0 Å². The second kappa shape index (κ2) is 6.42. The minimum absolute atomic E-state index is 0.474. The van der Waals surface area contributed by atoms with E-state index in [0.717, 1.165) is 28.2 Å². The fourth-order valence-electron chi connectivity index (χ4n) is 2.86. The molecule has 4 aromatic rings. The molecule has 4 heteroatoms. The van der Waals surface area contributed by atoms with Crippen molar-refractivity contribution in [3.63, 3.8) is 0 Å². The van der Waals surface area contributed by atoms with Gasteiger partial charge >= 0.3 is 5.69 Å². The Balaban J connectivity index is 1.96. The Hall–Kier alpha value is -3.71. The summed E-state index contributed by atoms with van der Waals surface area (Å²) >= 11 is 0. The predicted molar refractivity (Wildman–Crippen MR) is 99.2 cm³/mol. The molecule has 0 aliphatic carbocycles. The molecular weight excluding hydrogens is 308 g/mol. The van der Waals surface area contributed by atoms with Gasteiger partial charge in [0, 0.05) is 17.2 Å². The van der Waals surface area contributed by atoms with Crippen LogP contribution in [-0.4, -0.2) is 9.78 Å². The van der Waals surface area contributed by atoms with Crippen LogP contribution in [0.15, 0.2) is 91.0 Å². The normalized spacial score (nSPS) is 10.4. The van der Waals surface area contributed by atoms with Crippen LogP contribution in [0.4, 0.5) is 5.69 Å². The summed E-state index contributed by atoms with van der Waals surface area (Å²) in [5.74, 6) is 0. The van der Waals surface area contributed by atoms with Crippen LogP contribution in [0.2, 0.25) is 0 Å². The van der Waals surface area contributed by atoms with E-state index in [4.69, 9.17) is 5.10 Å². The first-order valence-electron chi connectivity index (χ1n) is 8.02. The molecule has 0 radical (unpaired) electrons. The number of hydrogen-bond donors (Lipinski definition) is 0. The summed E-state index contributed by atoms with van der Waals surface area (Å²) in [5.41, 5.74) is 5.10. The quantitative estimate of drug-likeness (QED) is 0.455. The monoisotopic (exact) mass is 323 g/mol. The van der Waals surface area contributed by atoms with Gasteiger partial charge in [0.1, 0.15) is 0 Å². The number of diazo groups is 1. The number of hydrogen-bond acceptors (Lipinski definition) is 2. The van der Waals surface area contributed by atoms with E-state index in [-0.39, 0.29) is 0 Å². The molecule has 0 aliphatic heterocycles. The van der Waals surface area contributed by atoms with Crippen molar-refractivity contribution in [2.45, 2.75) is 0 Å². The van der Waals surface area contributed by atoms with Crippen LogP contribution in [0.3, 0.4) is 0 Å². The summed E-state index contributed by atoms with van der Waals surface area (Å²) in [6, 6.07) is 29.5. The van der Waals surface area contributed by atoms with Crippen LogP contribution in [-0.2, 0) is 0 Å². The molecule has 4 rings (SSSR count). The van der Waals surface area contributed by atoms with E-state index in [2.05, 4.69) is 11.0 Å². The molecule has 0 saturated heterocycles. The maximum Gasteiger partial charge on any atom is 0.410 e. The number of para-hydroxylation sites is 1. The van der Waals surface area contributed by atoms with Gasteiger partial charge in [-0.2, -0.15) is 5.10 Å². The van der Waals surface area contributed by atoms with E-state index in [1.165, 1.54) is 0 Å². The van der Waals surface area contributed by atoms with Crippen LogP contribution in [0.25, 0.3) is 33.2 Å². The van der Waals surface area contributed by atoms with Crippen molar-refractivity contribution in [3.05, 3.63) is 96.0 Å². The lowest BCUT2D eigenvalue weighted by atomic mass is 10.1. The van der Waals surface area contributed by atoms with Crippen LogP contribution in [0.1, 0.15) is 0 Å².